The lowest BCUT2D eigenvalue weighted by Crippen LogP contribution is -2.23. The second-order valence-corrected chi connectivity index (χ2v) is 10.9. The molecule has 0 bridgehead atoms. The first-order chi connectivity index (χ1) is 15.2. The molecule has 32 heavy (non-hydrogen) atoms. The number of hydrogen-bond donors (Lipinski definition) is 1. The Morgan fingerprint density at radius 3 is 2.50 bits per heavy atom. The summed E-state index contributed by atoms with van der Waals surface area (Å²) >= 11 is 7.22. The first-order valence-electron chi connectivity index (χ1n) is 9.97. The molecule has 1 amide bonds. The van der Waals surface area contributed by atoms with Crippen LogP contribution in [-0.4, -0.2) is 27.5 Å². The Morgan fingerprint density at radius 2 is 1.84 bits per heavy atom. The fourth-order valence-corrected chi connectivity index (χ4v) is 6.70. The SMILES string of the molecule is COc1cc([C@@H]2CC(=O)Nc3c(S(=O)(=O)c4ccc(Cl)cc4)csc32)ccc1OC(C)C. The summed E-state index contributed by atoms with van der Waals surface area (Å²) in [5.41, 5.74) is 1.19. The van der Waals surface area contributed by atoms with E-state index in [1.165, 1.54) is 35.6 Å². The summed E-state index contributed by atoms with van der Waals surface area (Å²) in [6.45, 7) is 3.86. The minimum Gasteiger partial charge on any atom is -0.493 e. The molecule has 4 rings (SSSR count). The Bertz CT molecular complexity index is 1270. The Balaban J connectivity index is 1.77. The number of rotatable bonds is 6. The van der Waals surface area contributed by atoms with Crippen LogP contribution in [0.5, 0.6) is 11.5 Å². The first kappa shape index (κ1) is 22.6. The van der Waals surface area contributed by atoms with Gasteiger partial charge in [0.05, 0.1) is 23.8 Å². The fraction of sp³-hybridized carbons (Fsp3) is 0.261. The van der Waals surface area contributed by atoms with E-state index < -0.39 is 9.84 Å². The van der Waals surface area contributed by atoms with Crippen LogP contribution < -0.4 is 14.8 Å². The molecule has 0 radical (unpaired) electrons. The molecule has 0 spiro atoms. The number of fused-ring (bicyclic) bond motifs is 1. The van der Waals surface area contributed by atoms with E-state index in [1.54, 1.807) is 12.5 Å². The van der Waals surface area contributed by atoms with Crippen molar-refractivity contribution in [2.24, 2.45) is 0 Å². The Kier molecular flexibility index (Phi) is 6.20. The molecule has 0 saturated heterocycles. The molecule has 6 nitrogen and oxygen atoms in total. The number of hydrogen-bond acceptors (Lipinski definition) is 6. The Morgan fingerprint density at radius 1 is 1.12 bits per heavy atom. The number of carbonyl (C=O) groups excluding carboxylic acids is 1. The van der Waals surface area contributed by atoms with Crippen LogP contribution in [0.3, 0.4) is 0 Å². The second-order valence-electron chi connectivity index (χ2n) is 7.68. The van der Waals surface area contributed by atoms with E-state index in [-0.39, 0.29) is 34.1 Å². The van der Waals surface area contributed by atoms with Gasteiger partial charge in [0, 0.05) is 27.6 Å². The van der Waals surface area contributed by atoms with Crippen molar-refractivity contribution in [1.82, 2.24) is 0 Å². The number of benzene rings is 2. The van der Waals surface area contributed by atoms with E-state index in [2.05, 4.69) is 5.32 Å². The molecule has 1 atom stereocenters. The largest absolute Gasteiger partial charge is 0.493 e. The molecule has 1 aromatic heterocycles. The zero-order chi connectivity index (χ0) is 23.0. The minimum absolute atomic E-state index is 0.0141. The number of nitrogens with one attached hydrogen (secondary N) is 1. The number of halogens is 1. The van der Waals surface area contributed by atoms with E-state index in [4.69, 9.17) is 21.1 Å². The fourth-order valence-electron chi connectivity index (χ4n) is 3.66. The molecule has 2 heterocycles. The normalized spacial score (nSPS) is 15.9. The van der Waals surface area contributed by atoms with E-state index in [0.717, 1.165) is 10.4 Å². The quantitative estimate of drug-likeness (QED) is 0.492. The maximum Gasteiger partial charge on any atom is 0.225 e. The van der Waals surface area contributed by atoms with Crippen LogP contribution in [-0.2, 0) is 14.6 Å². The molecular formula is C23H22ClNO5S2. The number of carbonyl (C=O) groups is 1. The molecule has 1 aliphatic heterocycles. The van der Waals surface area contributed by atoms with Gasteiger partial charge in [-0.1, -0.05) is 17.7 Å². The van der Waals surface area contributed by atoms with Crippen LogP contribution in [0.25, 0.3) is 0 Å². The van der Waals surface area contributed by atoms with Crippen molar-refractivity contribution < 1.29 is 22.7 Å². The van der Waals surface area contributed by atoms with E-state index in [1.807, 2.05) is 32.0 Å². The van der Waals surface area contributed by atoms with Gasteiger partial charge in [-0.2, -0.15) is 0 Å². The Hall–Kier alpha value is -2.55. The van der Waals surface area contributed by atoms with Crippen molar-refractivity contribution in [3.8, 4) is 11.5 Å². The van der Waals surface area contributed by atoms with Crippen LogP contribution in [0.4, 0.5) is 5.69 Å². The summed E-state index contributed by atoms with van der Waals surface area (Å²) in [4.78, 5) is 13.6. The first-order valence-corrected chi connectivity index (χ1v) is 12.7. The monoisotopic (exact) mass is 491 g/mol. The van der Waals surface area contributed by atoms with Crippen LogP contribution >= 0.6 is 22.9 Å². The number of amides is 1. The second kappa shape index (κ2) is 8.77. The maximum absolute atomic E-state index is 13.3. The molecule has 2 aromatic carbocycles. The molecule has 0 aliphatic carbocycles. The third-order valence-corrected chi connectivity index (χ3v) is 8.41. The van der Waals surface area contributed by atoms with Gasteiger partial charge in [0.15, 0.2) is 11.5 Å². The van der Waals surface area contributed by atoms with Crippen LogP contribution in [0.1, 0.15) is 36.6 Å². The molecule has 1 N–H and O–H groups in total. The zero-order valence-electron chi connectivity index (χ0n) is 17.7. The van der Waals surface area contributed by atoms with Gasteiger partial charge in [0.1, 0.15) is 4.90 Å². The standard InChI is InChI=1S/C23H22ClNO5S2/c1-13(2)30-18-9-4-14(10-19(18)29-3)17-11-21(26)25-22-20(12-31-23(17)22)32(27,28)16-7-5-15(24)6-8-16/h4-10,12-13,17H,11H2,1-3H3,(H,25,26)/t17-/m0/s1. The summed E-state index contributed by atoms with van der Waals surface area (Å²) in [5, 5.41) is 4.80. The lowest BCUT2D eigenvalue weighted by molar-refractivity contribution is -0.116. The predicted molar refractivity (Wildman–Crippen MR) is 125 cm³/mol. The molecule has 1 aliphatic rings. The number of thiophene rings is 1. The number of ether oxygens (including phenoxy) is 2. The highest BCUT2D eigenvalue weighted by molar-refractivity contribution is 7.91. The Labute approximate surface area is 196 Å². The van der Waals surface area contributed by atoms with Gasteiger partial charge in [0.2, 0.25) is 15.7 Å². The van der Waals surface area contributed by atoms with E-state index in [0.29, 0.717) is 22.2 Å². The highest BCUT2D eigenvalue weighted by atomic mass is 35.5. The highest BCUT2D eigenvalue weighted by Gasteiger charge is 2.34. The van der Waals surface area contributed by atoms with Gasteiger partial charge >= 0.3 is 0 Å². The predicted octanol–water partition coefficient (Wildman–Crippen LogP) is 5.50. The van der Waals surface area contributed by atoms with E-state index in [9.17, 15) is 13.2 Å². The summed E-state index contributed by atoms with van der Waals surface area (Å²) in [7, 11) is -2.26. The summed E-state index contributed by atoms with van der Waals surface area (Å²) in [6.07, 6.45) is 0.196. The molecule has 168 valence electrons. The number of anilines is 1. The summed E-state index contributed by atoms with van der Waals surface area (Å²) < 4.78 is 37.8. The minimum atomic E-state index is -3.82. The van der Waals surface area contributed by atoms with Crippen molar-refractivity contribution in [2.45, 2.75) is 42.1 Å². The van der Waals surface area contributed by atoms with Crippen LogP contribution in [0.15, 0.2) is 57.6 Å². The van der Waals surface area contributed by atoms with Crippen molar-refractivity contribution in [3.63, 3.8) is 0 Å². The average molecular weight is 492 g/mol. The lowest BCUT2D eigenvalue weighted by Gasteiger charge is -2.24. The molecule has 0 unspecified atom stereocenters. The number of methoxy groups -OCH3 is 1. The molecule has 9 heteroatoms. The highest BCUT2D eigenvalue weighted by Crippen LogP contribution is 2.47. The molecule has 0 saturated carbocycles. The van der Waals surface area contributed by atoms with Crippen LogP contribution in [0, 0.1) is 0 Å². The van der Waals surface area contributed by atoms with Crippen molar-refractivity contribution in [2.75, 3.05) is 12.4 Å². The third-order valence-electron chi connectivity index (χ3n) is 5.12. The van der Waals surface area contributed by atoms with Gasteiger partial charge in [-0.25, -0.2) is 8.42 Å². The topological polar surface area (TPSA) is 81.7 Å². The zero-order valence-corrected chi connectivity index (χ0v) is 20.1. The summed E-state index contributed by atoms with van der Waals surface area (Å²) in [6, 6.07) is 11.5. The van der Waals surface area contributed by atoms with Crippen LogP contribution in [0.2, 0.25) is 5.02 Å². The van der Waals surface area contributed by atoms with Crippen molar-refractivity contribution >= 4 is 44.4 Å². The smallest absolute Gasteiger partial charge is 0.225 e. The maximum atomic E-state index is 13.3. The van der Waals surface area contributed by atoms with E-state index >= 15 is 0 Å². The van der Waals surface area contributed by atoms with Gasteiger partial charge < -0.3 is 14.8 Å². The third kappa shape index (κ3) is 4.22. The number of sulfone groups is 1. The summed E-state index contributed by atoms with van der Waals surface area (Å²) in [5.74, 6) is 0.646. The van der Waals surface area contributed by atoms with Crippen molar-refractivity contribution in [1.29, 1.82) is 0 Å². The average Bonchev–Trinajstić information content (AvgIpc) is 3.18. The lowest BCUT2D eigenvalue weighted by atomic mass is 9.90. The van der Waals surface area contributed by atoms with Gasteiger partial charge in [0.25, 0.3) is 0 Å². The molecule has 3 aromatic rings. The van der Waals surface area contributed by atoms with Gasteiger partial charge in [-0.3, -0.25) is 4.79 Å². The molecular weight excluding hydrogens is 470 g/mol. The van der Waals surface area contributed by atoms with Gasteiger partial charge in [-0.05, 0) is 55.8 Å². The molecule has 0 fully saturated rings. The van der Waals surface area contributed by atoms with Crippen molar-refractivity contribution in [3.05, 3.63) is 63.3 Å². The van der Waals surface area contributed by atoms with Gasteiger partial charge in [-0.15, -0.1) is 11.3 Å².